The van der Waals surface area contributed by atoms with Gasteiger partial charge in [-0.25, -0.2) is 0 Å². The van der Waals surface area contributed by atoms with Gasteiger partial charge >= 0.3 is 0 Å². The van der Waals surface area contributed by atoms with E-state index in [0.29, 0.717) is 10.7 Å². The summed E-state index contributed by atoms with van der Waals surface area (Å²) in [5.74, 6) is 0. The van der Waals surface area contributed by atoms with Gasteiger partial charge in [0.1, 0.15) is 0 Å². The smallest absolute Gasteiger partial charge is 0.0663 e. The van der Waals surface area contributed by atoms with Gasteiger partial charge in [0.15, 0.2) is 0 Å². The van der Waals surface area contributed by atoms with Crippen molar-refractivity contribution in [1.29, 1.82) is 0 Å². The molecule has 0 saturated carbocycles. The number of para-hydroxylation sites is 1. The molecule has 82 valence electrons. The van der Waals surface area contributed by atoms with Crippen LogP contribution < -0.4 is 10.6 Å². The van der Waals surface area contributed by atoms with Crippen LogP contribution in [0.2, 0.25) is 5.02 Å². The molecule has 0 aliphatic carbocycles. The fraction of sp³-hybridized carbons (Fsp3) is 0.0769. The molecule has 0 amide bonds. The molecule has 0 saturated heterocycles. The van der Waals surface area contributed by atoms with Crippen molar-refractivity contribution in [1.82, 2.24) is 0 Å². The highest BCUT2D eigenvalue weighted by Gasteiger charge is 2.07. The van der Waals surface area contributed by atoms with E-state index >= 15 is 0 Å². The maximum Gasteiger partial charge on any atom is 0.0663 e. The molecule has 16 heavy (non-hydrogen) atoms. The summed E-state index contributed by atoms with van der Waals surface area (Å²) >= 11 is 6.15. The summed E-state index contributed by atoms with van der Waals surface area (Å²) in [6.45, 7) is 0. The van der Waals surface area contributed by atoms with Crippen molar-refractivity contribution in [3.05, 3.63) is 53.6 Å². The molecule has 2 aromatic rings. The number of nitrogen functional groups attached to an aromatic ring is 1. The predicted molar refractivity (Wildman–Crippen MR) is 70.4 cm³/mol. The largest absolute Gasteiger partial charge is 0.399 e. The summed E-state index contributed by atoms with van der Waals surface area (Å²) in [4.78, 5) is 2.03. The zero-order valence-electron chi connectivity index (χ0n) is 9.02. The third kappa shape index (κ3) is 2.12. The number of hydrogen-bond donors (Lipinski definition) is 1. The van der Waals surface area contributed by atoms with E-state index in [1.807, 2.05) is 54.4 Å². The van der Waals surface area contributed by atoms with Gasteiger partial charge in [0.25, 0.3) is 0 Å². The van der Waals surface area contributed by atoms with Gasteiger partial charge in [0.05, 0.1) is 10.7 Å². The van der Waals surface area contributed by atoms with E-state index in [-0.39, 0.29) is 0 Å². The minimum absolute atomic E-state index is 0.659. The standard InChI is InChI=1S/C13H13ClN2/c1-16(11-5-3-2-4-6-11)13-8-7-10(15)9-12(13)14/h2-9H,15H2,1H3. The molecule has 0 aromatic heterocycles. The summed E-state index contributed by atoms with van der Waals surface area (Å²) in [6, 6.07) is 15.6. The fourth-order valence-corrected chi connectivity index (χ4v) is 1.90. The van der Waals surface area contributed by atoms with E-state index in [4.69, 9.17) is 17.3 Å². The summed E-state index contributed by atoms with van der Waals surface area (Å²) in [5.41, 5.74) is 8.38. The highest BCUT2D eigenvalue weighted by atomic mass is 35.5. The molecule has 0 fully saturated rings. The van der Waals surface area contributed by atoms with Crippen molar-refractivity contribution < 1.29 is 0 Å². The summed E-state index contributed by atoms with van der Waals surface area (Å²) < 4.78 is 0. The molecule has 0 unspecified atom stereocenters. The van der Waals surface area contributed by atoms with Crippen LogP contribution in [0.25, 0.3) is 0 Å². The van der Waals surface area contributed by atoms with Crippen molar-refractivity contribution >= 4 is 28.7 Å². The maximum atomic E-state index is 6.15. The van der Waals surface area contributed by atoms with Crippen LogP contribution in [-0.4, -0.2) is 7.05 Å². The zero-order chi connectivity index (χ0) is 11.5. The molecule has 2 rings (SSSR count). The number of hydrogen-bond acceptors (Lipinski definition) is 2. The van der Waals surface area contributed by atoms with Gasteiger partial charge in [0, 0.05) is 18.4 Å². The maximum absolute atomic E-state index is 6.15. The third-order valence-electron chi connectivity index (χ3n) is 2.48. The van der Waals surface area contributed by atoms with Crippen LogP contribution in [0.5, 0.6) is 0 Å². The molecule has 0 spiro atoms. The van der Waals surface area contributed by atoms with E-state index in [1.165, 1.54) is 0 Å². The monoisotopic (exact) mass is 232 g/mol. The van der Waals surface area contributed by atoms with Crippen LogP contribution in [0.15, 0.2) is 48.5 Å². The topological polar surface area (TPSA) is 29.3 Å². The molecule has 3 heteroatoms. The molecule has 2 N–H and O–H groups in total. The van der Waals surface area contributed by atoms with Crippen LogP contribution in [0, 0.1) is 0 Å². The van der Waals surface area contributed by atoms with E-state index in [2.05, 4.69) is 0 Å². The lowest BCUT2D eigenvalue weighted by Gasteiger charge is -2.20. The lowest BCUT2D eigenvalue weighted by molar-refractivity contribution is 1.21. The van der Waals surface area contributed by atoms with Crippen molar-refractivity contribution in [2.75, 3.05) is 17.7 Å². The van der Waals surface area contributed by atoms with Crippen molar-refractivity contribution in [2.45, 2.75) is 0 Å². The van der Waals surface area contributed by atoms with E-state index < -0.39 is 0 Å². The SMILES string of the molecule is CN(c1ccccc1)c1ccc(N)cc1Cl. The Kier molecular flexibility index (Phi) is 3.02. The van der Waals surface area contributed by atoms with Crippen LogP contribution in [0.4, 0.5) is 17.1 Å². The molecule has 0 aliphatic heterocycles. The Morgan fingerprint density at radius 1 is 1.06 bits per heavy atom. The molecular weight excluding hydrogens is 220 g/mol. The van der Waals surface area contributed by atoms with Crippen LogP contribution >= 0.6 is 11.6 Å². The fourth-order valence-electron chi connectivity index (χ4n) is 1.59. The number of nitrogens with two attached hydrogens (primary N) is 1. The summed E-state index contributed by atoms with van der Waals surface area (Å²) in [6.07, 6.45) is 0. The van der Waals surface area contributed by atoms with Crippen molar-refractivity contribution in [2.24, 2.45) is 0 Å². The molecule has 0 aliphatic rings. The van der Waals surface area contributed by atoms with Crippen LogP contribution in [-0.2, 0) is 0 Å². The van der Waals surface area contributed by atoms with Gasteiger partial charge in [-0.05, 0) is 30.3 Å². The third-order valence-corrected chi connectivity index (χ3v) is 2.78. The first kappa shape index (κ1) is 10.8. The minimum Gasteiger partial charge on any atom is -0.399 e. The number of benzene rings is 2. The van der Waals surface area contributed by atoms with E-state index in [9.17, 15) is 0 Å². The van der Waals surface area contributed by atoms with Gasteiger partial charge in [-0.1, -0.05) is 29.8 Å². The first-order chi connectivity index (χ1) is 7.68. The van der Waals surface area contributed by atoms with Gasteiger partial charge < -0.3 is 10.6 Å². The molecule has 2 nitrogen and oxygen atoms in total. The van der Waals surface area contributed by atoms with Gasteiger partial charge in [-0.3, -0.25) is 0 Å². The molecule has 0 atom stereocenters. The highest BCUT2D eigenvalue weighted by Crippen LogP contribution is 2.31. The first-order valence-corrected chi connectivity index (χ1v) is 5.40. The van der Waals surface area contributed by atoms with Gasteiger partial charge in [-0.15, -0.1) is 0 Å². The number of rotatable bonds is 2. The number of halogens is 1. The Morgan fingerprint density at radius 2 is 1.75 bits per heavy atom. The lowest BCUT2D eigenvalue weighted by Crippen LogP contribution is -2.09. The van der Waals surface area contributed by atoms with Crippen molar-refractivity contribution in [3.63, 3.8) is 0 Å². The second-order valence-corrected chi connectivity index (χ2v) is 4.01. The molecule has 0 radical (unpaired) electrons. The first-order valence-electron chi connectivity index (χ1n) is 5.02. The number of nitrogens with zero attached hydrogens (tertiary/aromatic N) is 1. The van der Waals surface area contributed by atoms with Crippen LogP contribution in [0.1, 0.15) is 0 Å². The van der Waals surface area contributed by atoms with Crippen LogP contribution in [0.3, 0.4) is 0 Å². The Hall–Kier alpha value is -1.67. The highest BCUT2D eigenvalue weighted by molar-refractivity contribution is 6.33. The van der Waals surface area contributed by atoms with Gasteiger partial charge in [0.2, 0.25) is 0 Å². The molecule has 2 aromatic carbocycles. The zero-order valence-corrected chi connectivity index (χ0v) is 9.78. The lowest BCUT2D eigenvalue weighted by atomic mass is 10.2. The average molecular weight is 233 g/mol. The average Bonchev–Trinajstić information content (AvgIpc) is 2.29. The quantitative estimate of drug-likeness (QED) is 0.801. The molecular formula is C13H13ClN2. The Balaban J connectivity index is 2.38. The second kappa shape index (κ2) is 4.45. The Labute approximate surface area is 100 Å². The Bertz CT molecular complexity index is 483. The second-order valence-electron chi connectivity index (χ2n) is 3.61. The van der Waals surface area contributed by atoms with E-state index in [1.54, 1.807) is 6.07 Å². The molecule has 0 bridgehead atoms. The van der Waals surface area contributed by atoms with Gasteiger partial charge in [-0.2, -0.15) is 0 Å². The normalized spacial score (nSPS) is 10.1. The van der Waals surface area contributed by atoms with Crippen molar-refractivity contribution in [3.8, 4) is 0 Å². The van der Waals surface area contributed by atoms with E-state index in [0.717, 1.165) is 11.4 Å². The number of anilines is 3. The summed E-state index contributed by atoms with van der Waals surface area (Å²) in [5, 5.41) is 0.659. The summed E-state index contributed by atoms with van der Waals surface area (Å²) in [7, 11) is 1.98. The minimum atomic E-state index is 0.659. The Morgan fingerprint density at radius 3 is 2.38 bits per heavy atom. The predicted octanol–water partition coefficient (Wildman–Crippen LogP) is 3.69. The molecule has 0 heterocycles.